The minimum Gasteiger partial charge on any atom is -0.497 e. The molecular formula is C19H33IN4O3. The average molecular weight is 492 g/mol. The number of amides is 1. The van der Waals surface area contributed by atoms with Gasteiger partial charge >= 0.3 is 6.09 Å². The van der Waals surface area contributed by atoms with Crippen LogP contribution in [0.3, 0.4) is 0 Å². The summed E-state index contributed by atoms with van der Waals surface area (Å²) in [5.41, 5.74) is 1.09. The first-order valence-corrected chi connectivity index (χ1v) is 8.99. The fourth-order valence-corrected chi connectivity index (χ4v) is 2.51. The van der Waals surface area contributed by atoms with E-state index in [4.69, 9.17) is 9.47 Å². The third-order valence-electron chi connectivity index (χ3n) is 3.69. The molecule has 27 heavy (non-hydrogen) atoms. The van der Waals surface area contributed by atoms with Gasteiger partial charge in [-0.2, -0.15) is 0 Å². The van der Waals surface area contributed by atoms with Gasteiger partial charge < -0.3 is 25.4 Å². The lowest BCUT2D eigenvalue weighted by molar-refractivity contribution is 0.146. The molecule has 1 aromatic rings. The molecule has 0 saturated heterocycles. The Morgan fingerprint density at radius 2 is 2.00 bits per heavy atom. The predicted molar refractivity (Wildman–Crippen MR) is 120 cm³/mol. The number of alkyl carbamates (subject to hydrolysis) is 1. The molecular weight excluding hydrogens is 459 g/mol. The number of nitrogens with zero attached hydrogens (tertiary/aromatic N) is 1. The van der Waals surface area contributed by atoms with Gasteiger partial charge in [0.2, 0.25) is 0 Å². The van der Waals surface area contributed by atoms with Crippen LogP contribution in [0, 0.1) is 5.92 Å². The van der Waals surface area contributed by atoms with Gasteiger partial charge in [-0.15, -0.1) is 24.0 Å². The van der Waals surface area contributed by atoms with E-state index in [0.29, 0.717) is 31.6 Å². The van der Waals surface area contributed by atoms with Crippen molar-refractivity contribution in [2.24, 2.45) is 10.9 Å². The quantitative estimate of drug-likeness (QED) is 0.280. The Hall–Kier alpha value is -1.71. The standard InChI is InChI=1S/C19H32N4O3.HI/c1-6-26-19(24)23-16(10-14(2)3)13-22-18(20-4)21-12-15-8-7-9-17(11-15)25-5;/h7-9,11,14,16H,6,10,12-13H2,1-5H3,(H,23,24)(H2,20,21,22);1H. The third-order valence-corrected chi connectivity index (χ3v) is 3.69. The maximum Gasteiger partial charge on any atom is 0.407 e. The molecule has 1 unspecified atom stereocenters. The second-order valence-corrected chi connectivity index (χ2v) is 6.35. The van der Waals surface area contributed by atoms with E-state index in [9.17, 15) is 4.79 Å². The Kier molecular flexibility index (Phi) is 13.5. The Morgan fingerprint density at radius 1 is 1.26 bits per heavy atom. The van der Waals surface area contributed by atoms with E-state index in [2.05, 4.69) is 34.8 Å². The molecule has 0 saturated carbocycles. The van der Waals surface area contributed by atoms with Crippen LogP contribution in [0.1, 0.15) is 32.8 Å². The average Bonchev–Trinajstić information content (AvgIpc) is 2.61. The first-order chi connectivity index (χ1) is 12.5. The number of methoxy groups -OCH3 is 1. The molecule has 0 bridgehead atoms. The molecule has 7 nitrogen and oxygen atoms in total. The normalized spacial score (nSPS) is 12.0. The minimum atomic E-state index is -0.390. The highest BCUT2D eigenvalue weighted by Gasteiger charge is 2.15. The van der Waals surface area contributed by atoms with Gasteiger partial charge in [0.1, 0.15) is 5.75 Å². The van der Waals surface area contributed by atoms with Crippen molar-refractivity contribution in [1.82, 2.24) is 16.0 Å². The number of guanidine groups is 1. The number of benzene rings is 1. The van der Waals surface area contributed by atoms with Gasteiger partial charge in [0, 0.05) is 26.2 Å². The van der Waals surface area contributed by atoms with Crippen LogP contribution < -0.4 is 20.7 Å². The fraction of sp³-hybridized carbons (Fsp3) is 0.579. The summed E-state index contributed by atoms with van der Waals surface area (Å²) in [6.45, 7) is 7.58. The molecule has 0 radical (unpaired) electrons. The Morgan fingerprint density at radius 3 is 2.59 bits per heavy atom. The molecule has 1 amide bonds. The summed E-state index contributed by atoms with van der Waals surface area (Å²) in [7, 11) is 3.37. The smallest absolute Gasteiger partial charge is 0.407 e. The zero-order valence-corrected chi connectivity index (χ0v) is 19.2. The van der Waals surface area contributed by atoms with Crippen LogP contribution >= 0.6 is 24.0 Å². The summed E-state index contributed by atoms with van der Waals surface area (Å²) < 4.78 is 10.2. The van der Waals surface area contributed by atoms with Crippen molar-refractivity contribution in [2.75, 3.05) is 27.3 Å². The van der Waals surface area contributed by atoms with Gasteiger partial charge in [-0.3, -0.25) is 4.99 Å². The van der Waals surface area contributed by atoms with Gasteiger partial charge in [0.15, 0.2) is 5.96 Å². The predicted octanol–water partition coefficient (Wildman–Crippen LogP) is 3.14. The van der Waals surface area contributed by atoms with Gasteiger partial charge in [0.25, 0.3) is 0 Å². The highest BCUT2D eigenvalue weighted by molar-refractivity contribution is 14.0. The molecule has 1 rings (SSSR count). The Balaban J connectivity index is 0.00000676. The largest absolute Gasteiger partial charge is 0.497 e. The first-order valence-electron chi connectivity index (χ1n) is 8.99. The third kappa shape index (κ3) is 10.9. The molecule has 0 fully saturated rings. The lowest BCUT2D eigenvalue weighted by Crippen LogP contribution is -2.47. The molecule has 1 aromatic carbocycles. The molecule has 154 valence electrons. The van der Waals surface area contributed by atoms with Crippen LogP contribution in [-0.4, -0.2) is 45.4 Å². The van der Waals surface area contributed by atoms with E-state index in [1.807, 2.05) is 24.3 Å². The summed E-state index contributed by atoms with van der Waals surface area (Å²) in [4.78, 5) is 15.9. The van der Waals surface area contributed by atoms with E-state index in [1.165, 1.54) is 0 Å². The van der Waals surface area contributed by atoms with Crippen LogP contribution in [0.15, 0.2) is 29.3 Å². The maximum atomic E-state index is 11.7. The molecule has 0 heterocycles. The zero-order valence-electron chi connectivity index (χ0n) is 16.9. The maximum absolute atomic E-state index is 11.7. The first kappa shape index (κ1) is 25.3. The van der Waals surface area contributed by atoms with Crippen molar-refractivity contribution >= 4 is 36.0 Å². The number of rotatable bonds is 9. The summed E-state index contributed by atoms with van der Waals surface area (Å²) >= 11 is 0. The van der Waals surface area contributed by atoms with Crippen molar-refractivity contribution < 1.29 is 14.3 Å². The summed E-state index contributed by atoms with van der Waals surface area (Å²) in [6.07, 6.45) is 0.456. The molecule has 0 aromatic heterocycles. The SMILES string of the molecule is CCOC(=O)NC(CNC(=NC)NCc1cccc(OC)c1)CC(C)C.I. The highest BCUT2D eigenvalue weighted by Crippen LogP contribution is 2.12. The fourth-order valence-electron chi connectivity index (χ4n) is 2.51. The van der Waals surface area contributed by atoms with Crippen LogP contribution in [0.2, 0.25) is 0 Å². The minimum absolute atomic E-state index is 0. The molecule has 1 atom stereocenters. The van der Waals surface area contributed by atoms with Crippen LogP contribution in [0.25, 0.3) is 0 Å². The van der Waals surface area contributed by atoms with Crippen molar-refractivity contribution in [2.45, 2.75) is 39.8 Å². The topological polar surface area (TPSA) is 84.0 Å². The lowest BCUT2D eigenvalue weighted by atomic mass is 10.0. The monoisotopic (exact) mass is 492 g/mol. The highest BCUT2D eigenvalue weighted by atomic mass is 127. The van der Waals surface area contributed by atoms with Crippen molar-refractivity contribution in [3.8, 4) is 5.75 Å². The molecule has 8 heteroatoms. The van der Waals surface area contributed by atoms with E-state index >= 15 is 0 Å². The second-order valence-electron chi connectivity index (χ2n) is 6.35. The Bertz CT molecular complexity index is 582. The van der Waals surface area contributed by atoms with Crippen molar-refractivity contribution in [3.05, 3.63) is 29.8 Å². The zero-order chi connectivity index (χ0) is 19.4. The number of nitrogens with one attached hydrogen (secondary N) is 3. The van der Waals surface area contributed by atoms with Gasteiger partial charge in [0.05, 0.1) is 13.7 Å². The number of halogens is 1. The summed E-state index contributed by atoms with van der Waals surface area (Å²) in [5, 5.41) is 9.42. The number of hydrogen-bond acceptors (Lipinski definition) is 4. The van der Waals surface area contributed by atoms with Gasteiger partial charge in [-0.05, 0) is 37.0 Å². The van der Waals surface area contributed by atoms with Crippen LogP contribution in [0.4, 0.5) is 4.79 Å². The van der Waals surface area contributed by atoms with Crippen LogP contribution in [-0.2, 0) is 11.3 Å². The Labute approximate surface area is 179 Å². The lowest BCUT2D eigenvalue weighted by Gasteiger charge is -2.22. The number of carbonyl (C=O) groups excluding carboxylic acids is 1. The molecule has 0 aliphatic carbocycles. The number of carbonyl (C=O) groups is 1. The molecule has 0 aliphatic heterocycles. The van der Waals surface area contributed by atoms with Crippen molar-refractivity contribution in [3.63, 3.8) is 0 Å². The second kappa shape index (κ2) is 14.4. The summed E-state index contributed by atoms with van der Waals surface area (Å²) in [6, 6.07) is 7.82. The van der Waals surface area contributed by atoms with E-state index in [-0.39, 0.29) is 36.1 Å². The molecule has 3 N–H and O–H groups in total. The molecule has 0 aliphatic rings. The number of hydrogen-bond donors (Lipinski definition) is 3. The number of aliphatic imine (C=N–C) groups is 1. The molecule has 0 spiro atoms. The van der Waals surface area contributed by atoms with Gasteiger partial charge in [-0.25, -0.2) is 4.79 Å². The van der Waals surface area contributed by atoms with E-state index < -0.39 is 0 Å². The van der Waals surface area contributed by atoms with Crippen molar-refractivity contribution in [1.29, 1.82) is 0 Å². The number of ether oxygens (including phenoxy) is 2. The van der Waals surface area contributed by atoms with E-state index in [0.717, 1.165) is 17.7 Å². The van der Waals surface area contributed by atoms with E-state index in [1.54, 1.807) is 21.1 Å². The summed E-state index contributed by atoms with van der Waals surface area (Å²) in [5.74, 6) is 1.95. The van der Waals surface area contributed by atoms with Gasteiger partial charge in [-0.1, -0.05) is 26.0 Å². The van der Waals surface area contributed by atoms with Crippen LogP contribution in [0.5, 0.6) is 5.75 Å².